The van der Waals surface area contributed by atoms with Gasteiger partial charge in [-0.1, -0.05) is 49.1 Å². The molecule has 0 unspecified atom stereocenters. The van der Waals surface area contributed by atoms with Crippen molar-refractivity contribution in [2.45, 2.75) is 0 Å². The van der Waals surface area contributed by atoms with Gasteiger partial charge in [0.15, 0.2) is 5.78 Å². The molecule has 1 N–H and O–H groups in total. The van der Waals surface area contributed by atoms with Gasteiger partial charge in [0.1, 0.15) is 18.1 Å². The van der Waals surface area contributed by atoms with Gasteiger partial charge in [0.25, 0.3) is 0 Å². The number of ketones is 1. The van der Waals surface area contributed by atoms with E-state index in [1.54, 1.807) is 24.3 Å². The molecule has 0 aromatic heterocycles. The van der Waals surface area contributed by atoms with Gasteiger partial charge in [-0.25, -0.2) is 0 Å². The number of hydrogen-bond donors (Lipinski definition) is 1. The number of carbonyl (C=O) groups is 1. The monoisotopic (exact) mass is 280 g/mol. The van der Waals surface area contributed by atoms with Crippen LogP contribution >= 0.6 is 0 Å². The van der Waals surface area contributed by atoms with E-state index >= 15 is 0 Å². The van der Waals surface area contributed by atoms with Crippen molar-refractivity contribution in [1.29, 1.82) is 0 Å². The van der Waals surface area contributed by atoms with Crippen molar-refractivity contribution in [2.24, 2.45) is 0 Å². The molecule has 3 nitrogen and oxygen atoms in total. The van der Waals surface area contributed by atoms with Gasteiger partial charge in [-0.3, -0.25) is 4.79 Å². The first-order valence-corrected chi connectivity index (χ1v) is 6.55. The van der Waals surface area contributed by atoms with Crippen molar-refractivity contribution in [2.75, 3.05) is 6.61 Å². The molecule has 0 aliphatic carbocycles. The number of allylic oxidation sites excluding steroid dienone is 1. The first kappa shape index (κ1) is 14.6. The Balaban J connectivity index is 2.12. The molecule has 0 spiro atoms. The molecule has 0 atom stereocenters. The van der Waals surface area contributed by atoms with Crippen molar-refractivity contribution in [1.82, 2.24) is 0 Å². The van der Waals surface area contributed by atoms with E-state index in [-0.39, 0.29) is 17.1 Å². The van der Waals surface area contributed by atoms with Crippen LogP contribution in [-0.4, -0.2) is 17.5 Å². The normalized spacial score (nSPS) is 10.5. The van der Waals surface area contributed by atoms with Crippen LogP contribution in [0, 0.1) is 0 Å². The summed E-state index contributed by atoms with van der Waals surface area (Å²) in [6.07, 6.45) is 4.76. The molecule has 0 fully saturated rings. The van der Waals surface area contributed by atoms with Crippen LogP contribution in [0.1, 0.15) is 15.9 Å². The van der Waals surface area contributed by atoms with Gasteiger partial charge in [-0.05, 0) is 23.8 Å². The molecule has 0 aliphatic heterocycles. The number of hydrogen-bond acceptors (Lipinski definition) is 3. The Kier molecular flexibility index (Phi) is 4.94. The molecular weight excluding hydrogens is 264 g/mol. The summed E-state index contributed by atoms with van der Waals surface area (Å²) >= 11 is 0. The molecular formula is C18H16O3. The molecule has 0 bridgehead atoms. The van der Waals surface area contributed by atoms with E-state index in [1.807, 2.05) is 30.3 Å². The minimum atomic E-state index is -0.258. The highest BCUT2D eigenvalue weighted by molar-refractivity contribution is 6.08. The van der Waals surface area contributed by atoms with E-state index in [9.17, 15) is 9.90 Å². The third-order valence-electron chi connectivity index (χ3n) is 2.83. The van der Waals surface area contributed by atoms with E-state index in [0.29, 0.717) is 12.4 Å². The number of phenolic OH excluding ortho intramolecular Hbond substituents is 1. The number of carbonyl (C=O) groups excluding carboxylic acids is 1. The Hall–Kier alpha value is -2.81. The van der Waals surface area contributed by atoms with Crippen LogP contribution in [0.2, 0.25) is 0 Å². The molecule has 21 heavy (non-hydrogen) atoms. The first-order valence-electron chi connectivity index (χ1n) is 6.55. The van der Waals surface area contributed by atoms with Crippen LogP contribution in [0.3, 0.4) is 0 Å². The third-order valence-corrected chi connectivity index (χ3v) is 2.83. The van der Waals surface area contributed by atoms with Gasteiger partial charge in [-0.2, -0.15) is 0 Å². The van der Waals surface area contributed by atoms with Gasteiger partial charge in [0.05, 0.1) is 5.56 Å². The van der Waals surface area contributed by atoms with Crippen LogP contribution in [0.5, 0.6) is 11.5 Å². The SMILES string of the molecule is C=CCOc1ccc(C(=O)/C=C/c2ccccc2)c(O)c1. The number of phenols is 1. The smallest absolute Gasteiger partial charge is 0.189 e. The fourth-order valence-electron chi connectivity index (χ4n) is 1.79. The lowest BCUT2D eigenvalue weighted by Crippen LogP contribution is -1.97. The van der Waals surface area contributed by atoms with Crippen molar-refractivity contribution in [3.05, 3.63) is 78.4 Å². The van der Waals surface area contributed by atoms with Gasteiger partial charge < -0.3 is 9.84 Å². The second-order valence-corrected chi connectivity index (χ2v) is 4.39. The summed E-state index contributed by atoms with van der Waals surface area (Å²) in [4.78, 5) is 12.1. The van der Waals surface area contributed by atoms with E-state index in [4.69, 9.17) is 4.74 Å². The van der Waals surface area contributed by atoms with Crippen LogP contribution in [0.15, 0.2) is 67.3 Å². The topological polar surface area (TPSA) is 46.5 Å². The maximum atomic E-state index is 12.1. The average Bonchev–Trinajstić information content (AvgIpc) is 2.51. The van der Waals surface area contributed by atoms with Crippen LogP contribution < -0.4 is 4.74 Å². The zero-order chi connectivity index (χ0) is 15.1. The molecule has 0 amide bonds. The molecule has 0 aliphatic rings. The summed E-state index contributed by atoms with van der Waals surface area (Å²) in [5.41, 5.74) is 1.17. The predicted molar refractivity (Wildman–Crippen MR) is 83.6 cm³/mol. The van der Waals surface area contributed by atoms with Crippen LogP contribution in [-0.2, 0) is 0 Å². The highest BCUT2D eigenvalue weighted by Crippen LogP contribution is 2.24. The summed E-state index contributed by atoms with van der Waals surface area (Å²) < 4.78 is 5.29. The lowest BCUT2D eigenvalue weighted by atomic mass is 10.1. The second kappa shape index (κ2) is 7.10. The lowest BCUT2D eigenvalue weighted by molar-refractivity contribution is 0.104. The second-order valence-electron chi connectivity index (χ2n) is 4.39. The Morgan fingerprint density at radius 1 is 1.19 bits per heavy atom. The minimum absolute atomic E-state index is 0.0979. The lowest BCUT2D eigenvalue weighted by Gasteiger charge is -2.06. The van der Waals surface area contributed by atoms with E-state index in [0.717, 1.165) is 5.56 Å². The Bertz CT molecular complexity index is 657. The van der Waals surface area contributed by atoms with E-state index in [1.165, 1.54) is 12.1 Å². The summed E-state index contributed by atoms with van der Waals surface area (Å²) in [7, 11) is 0. The molecule has 0 saturated carbocycles. The van der Waals surface area contributed by atoms with Gasteiger partial charge in [-0.15, -0.1) is 0 Å². The maximum Gasteiger partial charge on any atom is 0.189 e. The van der Waals surface area contributed by atoms with E-state index < -0.39 is 0 Å². The van der Waals surface area contributed by atoms with Crippen LogP contribution in [0.25, 0.3) is 6.08 Å². The van der Waals surface area contributed by atoms with Crippen molar-refractivity contribution >= 4 is 11.9 Å². The van der Waals surface area contributed by atoms with Crippen molar-refractivity contribution in [3.63, 3.8) is 0 Å². The Morgan fingerprint density at radius 2 is 1.95 bits per heavy atom. The zero-order valence-electron chi connectivity index (χ0n) is 11.5. The quantitative estimate of drug-likeness (QED) is 0.496. The standard InChI is InChI=1S/C18H16O3/c1-2-12-21-15-9-10-16(18(20)13-15)17(19)11-8-14-6-4-3-5-7-14/h2-11,13,20H,1,12H2/b11-8+. The fourth-order valence-corrected chi connectivity index (χ4v) is 1.79. The third kappa shape index (κ3) is 4.08. The predicted octanol–water partition coefficient (Wildman–Crippen LogP) is 3.85. The maximum absolute atomic E-state index is 12.1. The van der Waals surface area contributed by atoms with Crippen molar-refractivity contribution in [3.8, 4) is 11.5 Å². The zero-order valence-corrected chi connectivity index (χ0v) is 11.5. The summed E-state index contributed by atoms with van der Waals surface area (Å²) in [6, 6.07) is 14.1. The minimum Gasteiger partial charge on any atom is -0.507 e. The van der Waals surface area contributed by atoms with Gasteiger partial charge in [0.2, 0.25) is 0 Å². The molecule has 2 aromatic rings. The fraction of sp³-hybridized carbons (Fsp3) is 0.0556. The summed E-state index contributed by atoms with van der Waals surface area (Å²) in [6.45, 7) is 3.89. The van der Waals surface area contributed by atoms with Gasteiger partial charge >= 0.3 is 0 Å². The molecule has 0 heterocycles. The highest BCUT2D eigenvalue weighted by Gasteiger charge is 2.09. The summed E-state index contributed by atoms with van der Waals surface area (Å²) in [5.74, 6) is 0.141. The van der Waals surface area contributed by atoms with Crippen LogP contribution in [0.4, 0.5) is 0 Å². The van der Waals surface area contributed by atoms with Gasteiger partial charge in [0, 0.05) is 6.07 Å². The number of benzene rings is 2. The van der Waals surface area contributed by atoms with E-state index in [2.05, 4.69) is 6.58 Å². The molecule has 3 heteroatoms. The number of ether oxygens (including phenoxy) is 1. The number of rotatable bonds is 6. The molecule has 2 aromatic carbocycles. The van der Waals surface area contributed by atoms with Crippen molar-refractivity contribution < 1.29 is 14.6 Å². The molecule has 0 radical (unpaired) electrons. The Morgan fingerprint density at radius 3 is 2.62 bits per heavy atom. The highest BCUT2D eigenvalue weighted by atomic mass is 16.5. The Labute approximate surface area is 123 Å². The number of aromatic hydroxyl groups is 1. The first-order chi connectivity index (χ1) is 10.2. The largest absolute Gasteiger partial charge is 0.507 e. The summed E-state index contributed by atoms with van der Waals surface area (Å²) in [5, 5.41) is 9.90. The molecule has 106 valence electrons. The molecule has 2 rings (SSSR count). The average molecular weight is 280 g/mol. The molecule has 0 saturated heterocycles.